The molecule has 3 heterocycles. The molecule has 162 valence electrons. The van der Waals surface area contributed by atoms with Crippen molar-refractivity contribution in [2.75, 3.05) is 6.61 Å². The van der Waals surface area contributed by atoms with Gasteiger partial charge in [-0.25, -0.2) is 4.79 Å². The van der Waals surface area contributed by atoms with Crippen molar-refractivity contribution in [1.29, 1.82) is 0 Å². The van der Waals surface area contributed by atoms with Crippen LogP contribution >= 0.6 is 15.9 Å². The summed E-state index contributed by atoms with van der Waals surface area (Å²) in [6.45, 7) is 6.57. The summed E-state index contributed by atoms with van der Waals surface area (Å²) in [4.78, 5) is 12.1. The Labute approximate surface area is 190 Å². The highest BCUT2D eigenvalue weighted by atomic mass is 79.9. The third-order valence-electron chi connectivity index (χ3n) is 6.57. The summed E-state index contributed by atoms with van der Waals surface area (Å²) in [6, 6.07) is 9.87. The van der Waals surface area contributed by atoms with E-state index in [-0.39, 0.29) is 29.7 Å². The minimum Gasteiger partial charge on any atom is -0.486 e. The van der Waals surface area contributed by atoms with Gasteiger partial charge in [0.15, 0.2) is 5.75 Å². The molecule has 0 N–H and O–H groups in total. The molecule has 2 aliphatic heterocycles. The summed E-state index contributed by atoms with van der Waals surface area (Å²) in [6.07, 6.45) is 7.10. The fourth-order valence-electron chi connectivity index (χ4n) is 4.59. The Hall–Kier alpha value is -2.31. The first-order valence-electron chi connectivity index (χ1n) is 10.7. The second-order valence-corrected chi connectivity index (χ2v) is 9.65. The third kappa shape index (κ3) is 4.11. The molecule has 1 aromatic heterocycles. The highest BCUT2D eigenvalue weighted by Crippen LogP contribution is 2.49. The van der Waals surface area contributed by atoms with E-state index in [9.17, 15) is 4.79 Å². The van der Waals surface area contributed by atoms with Gasteiger partial charge < -0.3 is 18.6 Å². The Morgan fingerprint density at radius 3 is 2.90 bits per heavy atom. The van der Waals surface area contributed by atoms with Gasteiger partial charge >= 0.3 is 5.97 Å². The molecule has 2 saturated heterocycles. The van der Waals surface area contributed by atoms with Crippen molar-refractivity contribution in [1.82, 2.24) is 0 Å². The van der Waals surface area contributed by atoms with Gasteiger partial charge in [0.1, 0.15) is 30.8 Å². The second kappa shape index (κ2) is 7.99. The van der Waals surface area contributed by atoms with Crippen molar-refractivity contribution >= 4 is 21.9 Å². The van der Waals surface area contributed by atoms with E-state index in [2.05, 4.69) is 35.5 Å². The first-order valence-corrected chi connectivity index (χ1v) is 11.4. The lowest BCUT2D eigenvalue weighted by Gasteiger charge is -2.20. The van der Waals surface area contributed by atoms with Crippen LogP contribution in [0.1, 0.15) is 32.6 Å². The normalized spacial score (nSPS) is 30.1. The number of esters is 1. The summed E-state index contributed by atoms with van der Waals surface area (Å²) >= 11 is 3.45. The number of allylic oxidation sites excluding steroid dienone is 1. The minimum atomic E-state index is -0.284. The number of fused-ring (bicyclic) bond motifs is 3. The standard InChI is InChI=1S/C25H25BrO5/c1-15-20-10-5-16(4-3-11-25(2)23(31-25)22(20)30-24(15)27)13-28-19-12-21(29-14-19)17-6-8-18(26)9-7-17/h4,6-9,12,14,20,22-23H,1,3,5,10-11,13H2,2H3/t20-,22-,23+,25+/m0/s1. The topological polar surface area (TPSA) is 61.2 Å². The molecule has 31 heavy (non-hydrogen) atoms. The molecule has 2 fully saturated rings. The molecule has 3 aliphatic rings. The molecular weight excluding hydrogens is 460 g/mol. The minimum absolute atomic E-state index is 0.00115. The van der Waals surface area contributed by atoms with E-state index in [0.717, 1.165) is 41.5 Å². The number of hydrogen-bond acceptors (Lipinski definition) is 5. The number of epoxide rings is 1. The number of furan rings is 1. The van der Waals surface area contributed by atoms with Crippen LogP contribution in [-0.4, -0.2) is 30.4 Å². The van der Waals surface area contributed by atoms with Crippen LogP contribution in [-0.2, 0) is 14.3 Å². The van der Waals surface area contributed by atoms with Gasteiger partial charge in [-0.1, -0.05) is 40.7 Å². The number of carbonyl (C=O) groups excluding carboxylic acids is 1. The molecule has 5 rings (SSSR count). The predicted molar refractivity (Wildman–Crippen MR) is 120 cm³/mol. The number of ether oxygens (including phenoxy) is 3. The maximum absolute atomic E-state index is 12.1. The molecule has 0 unspecified atom stereocenters. The first-order chi connectivity index (χ1) is 14.9. The van der Waals surface area contributed by atoms with E-state index < -0.39 is 0 Å². The van der Waals surface area contributed by atoms with Crippen molar-refractivity contribution in [3.05, 3.63) is 64.9 Å². The van der Waals surface area contributed by atoms with Crippen LogP contribution < -0.4 is 4.74 Å². The largest absolute Gasteiger partial charge is 0.486 e. The number of hydrogen-bond donors (Lipinski definition) is 0. The molecule has 0 amide bonds. The van der Waals surface area contributed by atoms with Gasteiger partial charge in [0, 0.05) is 27.6 Å². The predicted octanol–water partition coefficient (Wildman–Crippen LogP) is 5.84. The summed E-state index contributed by atoms with van der Waals surface area (Å²) in [7, 11) is 0. The average molecular weight is 485 g/mol. The van der Waals surface area contributed by atoms with Crippen LogP contribution in [0.3, 0.4) is 0 Å². The fraction of sp³-hybridized carbons (Fsp3) is 0.400. The fourth-order valence-corrected chi connectivity index (χ4v) is 4.85. The zero-order valence-electron chi connectivity index (χ0n) is 17.4. The SMILES string of the molecule is C=C1C(=O)O[C@@H]2[C@H]3O[C@]3(C)CCC=C(COc3coc(-c4ccc(Br)cc4)c3)CC[C@@H]12. The third-order valence-corrected chi connectivity index (χ3v) is 7.10. The number of carbonyl (C=O) groups is 1. The highest BCUT2D eigenvalue weighted by Gasteiger charge is 2.61. The van der Waals surface area contributed by atoms with Gasteiger partial charge in [-0.15, -0.1) is 0 Å². The van der Waals surface area contributed by atoms with Crippen LogP contribution in [0.15, 0.2) is 69.3 Å². The first kappa shape index (κ1) is 20.6. The number of benzene rings is 1. The number of rotatable bonds is 4. The van der Waals surface area contributed by atoms with Crippen molar-refractivity contribution in [3.8, 4) is 17.1 Å². The summed E-state index contributed by atoms with van der Waals surface area (Å²) in [5, 5.41) is 0. The zero-order valence-corrected chi connectivity index (χ0v) is 19.0. The Bertz CT molecular complexity index is 1040. The lowest BCUT2D eigenvalue weighted by molar-refractivity contribution is -0.140. The molecule has 0 saturated carbocycles. The molecule has 5 nitrogen and oxygen atoms in total. The molecule has 2 aromatic rings. The zero-order chi connectivity index (χ0) is 21.6. The Morgan fingerprint density at radius 1 is 1.29 bits per heavy atom. The quantitative estimate of drug-likeness (QED) is 0.236. The van der Waals surface area contributed by atoms with E-state index in [4.69, 9.17) is 18.6 Å². The van der Waals surface area contributed by atoms with Gasteiger partial charge in [-0.3, -0.25) is 0 Å². The van der Waals surface area contributed by atoms with E-state index >= 15 is 0 Å². The lowest BCUT2D eigenvalue weighted by Crippen LogP contribution is -2.29. The van der Waals surface area contributed by atoms with E-state index in [1.807, 2.05) is 30.3 Å². The van der Waals surface area contributed by atoms with E-state index in [1.165, 1.54) is 5.57 Å². The van der Waals surface area contributed by atoms with Crippen LogP contribution in [0.5, 0.6) is 5.75 Å². The maximum atomic E-state index is 12.1. The van der Waals surface area contributed by atoms with Crippen LogP contribution in [0.25, 0.3) is 11.3 Å². The monoisotopic (exact) mass is 484 g/mol. The van der Waals surface area contributed by atoms with E-state index in [0.29, 0.717) is 17.9 Å². The maximum Gasteiger partial charge on any atom is 0.334 e. The lowest BCUT2D eigenvalue weighted by atomic mass is 9.84. The Morgan fingerprint density at radius 2 is 2.10 bits per heavy atom. The average Bonchev–Trinajstić information content (AvgIpc) is 3.07. The molecule has 0 bridgehead atoms. The smallest absolute Gasteiger partial charge is 0.334 e. The summed E-state index contributed by atoms with van der Waals surface area (Å²) in [5.41, 5.74) is 2.55. The van der Waals surface area contributed by atoms with Gasteiger partial charge in [-0.2, -0.15) is 0 Å². The van der Waals surface area contributed by atoms with Gasteiger partial charge in [-0.05, 0) is 50.3 Å². The van der Waals surface area contributed by atoms with Crippen molar-refractivity contribution in [2.45, 2.75) is 50.4 Å². The van der Waals surface area contributed by atoms with Crippen LogP contribution in [0.4, 0.5) is 0 Å². The highest BCUT2D eigenvalue weighted by molar-refractivity contribution is 9.10. The summed E-state index contributed by atoms with van der Waals surface area (Å²) < 4.78 is 24.3. The summed E-state index contributed by atoms with van der Waals surface area (Å²) in [5.74, 6) is 1.19. The van der Waals surface area contributed by atoms with Crippen molar-refractivity contribution in [2.24, 2.45) is 5.92 Å². The molecule has 4 atom stereocenters. The van der Waals surface area contributed by atoms with Crippen molar-refractivity contribution in [3.63, 3.8) is 0 Å². The molecule has 6 heteroatoms. The molecule has 1 aliphatic carbocycles. The molecular formula is C25H25BrO5. The van der Waals surface area contributed by atoms with Crippen LogP contribution in [0.2, 0.25) is 0 Å². The van der Waals surface area contributed by atoms with E-state index in [1.54, 1.807) is 6.26 Å². The molecule has 0 radical (unpaired) electrons. The van der Waals surface area contributed by atoms with Crippen molar-refractivity contribution < 1.29 is 23.4 Å². The molecule has 0 spiro atoms. The van der Waals surface area contributed by atoms with Gasteiger partial charge in [0.25, 0.3) is 0 Å². The number of halogens is 1. The van der Waals surface area contributed by atoms with Crippen LogP contribution in [0, 0.1) is 5.92 Å². The molecule has 1 aromatic carbocycles. The Balaban J connectivity index is 1.26. The van der Waals surface area contributed by atoms with Gasteiger partial charge in [0.05, 0.1) is 5.60 Å². The Kier molecular flexibility index (Phi) is 5.30. The van der Waals surface area contributed by atoms with Gasteiger partial charge in [0.2, 0.25) is 0 Å². The second-order valence-electron chi connectivity index (χ2n) is 8.73.